The van der Waals surface area contributed by atoms with Crippen LogP contribution in [-0.2, 0) is 16.1 Å². The van der Waals surface area contributed by atoms with Crippen molar-refractivity contribution in [1.82, 2.24) is 4.98 Å². The summed E-state index contributed by atoms with van der Waals surface area (Å²) in [7, 11) is 3.01. The fourth-order valence-electron chi connectivity index (χ4n) is 1.77. The Morgan fingerprint density at radius 2 is 1.96 bits per heavy atom. The Labute approximate surface area is 137 Å². The molecule has 1 amide bonds. The first-order valence-corrected chi connectivity index (χ1v) is 7.52. The van der Waals surface area contributed by atoms with Gasteiger partial charge in [0.1, 0.15) is 6.61 Å². The van der Waals surface area contributed by atoms with Crippen LogP contribution in [0.3, 0.4) is 0 Å². The summed E-state index contributed by atoms with van der Waals surface area (Å²) in [6.45, 7) is 1.42. The molecule has 0 atom stereocenters. The minimum absolute atomic E-state index is 0.0171. The lowest BCUT2D eigenvalue weighted by Crippen LogP contribution is -2.07. The van der Waals surface area contributed by atoms with Crippen LogP contribution in [0.15, 0.2) is 23.6 Å². The number of thiazole rings is 1. The highest BCUT2D eigenvalue weighted by molar-refractivity contribution is 7.13. The van der Waals surface area contributed by atoms with Crippen molar-refractivity contribution in [2.45, 2.75) is 13.5 Å². The summed E-state index contributed by atoms with van der Waals surface area (Å²) in [4.78, 5) is 27.1. The zero-order valence-corrected chi connectivity index (χ0v) is 13.7. The third-order valence-electron chi connectivity index (χ3n) is 2.81. The summed E-state index contributed by atoms with van der Waals surface area (Å²) in [5.41, 5.74) is 0.910. The number of carbonyl (C=O) groups excluding carboxylic acids is 2. The van der Waals surface area contributed by atoms with Crippen molar-refractivity contribution < 1.29 is 23.8 Å². The van der Waals surface area contributed by atoms with Gasteiger partial charge in [-0.15, -0.1) is 11.3 Å². The monoisotopic (exact) mass is 336 g/mol. The lowest BCUT2D eigenvalue weighted by molar-refractivity contribution is -0.114. The van der Waals surface area contributed by atoms with Crippen LogP contribution < -0.4 is 14.8 Å². The summed E-state index contributed by atoms with van der Waals surface area (Å²) < 4.78 is 15.5. The van der Waals surface area contributed by atoms with E-state index in [1.54, 1.807) is 23.6 Å². The smallest absolute Gasteiger partial charge is 0.338 e. The van der Waals surface area contributed by atoms with E-state index >= 15 is 0 Å². The van der Waals surface area contributed by atoms with Crippen LogP contribution in [0.5, 0.6) is 11.5 Å². The van der Waals surface area contributed by atoms with Gasteiger partial charge in [-0.25, -0.2) is 9.78 Å². The number of hydrogen-bond donors (Lipinski definition) is 1. The van der Waals surface area contributed by atoms with Crippen molar-refractivity contribution in [3.05, 3.63) is 34.8 Å². The first-order chi connectivity index (χ1) is 11.0. The highest BCUT2D eigenvalue weighted by Gasteiger charge is 2.13. The lowest BCUT2D eigenvalue weighted by Gasteiger charge is -2.09. The van der Waals surface area contributed by atoms with E-state index in [1.807, 2.05) is 0 Å². The van der Waals surface area contributed by atoms with E-state index in [9.17, 15) is 9.59 Å². The molecule has 2 aromatic rings. The fourth-order valence-corrected chi connectivity index (χ4v) is 2.51. The van der Waals surface area contributed by atoms with Gasteiger partial charge in [0.05, 0.1) is 25.5 Å². The van der Waals surface area contributed by atoms with E-state index in [1.165, 1.54) is 32.5 Å². The molecule has 0 aliphatic carbocycles. The average molecular weight is 336 g/mol. The molecule has 1 aromatic heterocycles. The molecule has 0 aliphatic heterocycles. The fraction of sp³-hybridized carbons (Fsp3) is 0.267. The Hall–Kier alpha value is -2.61. The van der Waals surface area contributed by atoms with Crippen molar-refractivity contribution in [3.8, 4) is 11.5 Å². The molecule has 0 radical (unpaired) electrons. The summed E-state index contributed by atoms with van der Waals surface area (Å²) in [6, 6.07) is 4.77. The second kappa shape index (κ2) is 7.59. The number of rotatable bonds is 6. The summed E-state index contributed by atoms with van der Waals surface area (Å²) >= 11 is 1.27. The number of ether oxygens (including phenoxy) is 3. The van der Waals surface area contributed by atoms with Gasteiger partial charge in [0.25, 0.3) is 0 Å². The van der Waals surface area contributed by atoms with Crippen LogP contribution in [0.1, 0.15) is 23.0 Å². The summed E-state index contributed by atoms with van der Waals surface area (Å²) in [5, 5.41) is 4.75. The third-order valence-corrected chi connectivity index (χ3v) is 3.61. The van der Waals surface area contributed by atoms with Crippen molar-refractivity contribution in [1.29, 1.82) is 0 Å². The normalized spacial score (nSPS) is 10.0. The maximum atomic E-state index is 12.1. The molecule has 0 fully saturated rings. The minimum atomic E-state index is -0.500. The van der Waals surface area contributed by atoms with Crippen LogP contribution in [0.25, 0.3) is 0 Å². The molecule has 2 rings (SSSR count). The number of nitrogens with one attached hydrogen (secondary N) is 1. The van der Waals surface area contributed by atoms with E-state index < -0.39 is 5.97 Å². The highest BCUT2D eigenvalue weighted by atomic mass is 32.1. The molecule has 1 N–H and O–H groups in total. The number of methoxy groups -OCH3 is 2. The largest absolute Gasteiger partial charge is 0.493 e. The van der Waals surface area contributed by atoms with Crippen LogP contribution in [0.4, 0.5) is 5.13 Å². The van der Waals surface area contributed by atoms with Crippen LogP contribution >= 0.6 is 11.3 Å². The van der Waals surface area contributed by atoms with E-state index in [2.05, 4.69) is 10.3 Å². The van der Waals surface area contributed by atoms with E-state index in [0.717, 1.165) is 0 Å². The maximum absolute atomic E-state index is 12.1. The van der Waals surface area contributed by atoms with Gasteiger partial charge in [-0.2, -0.15) is 0 Å². The Bertz CT molecular complexity index is 714. The Morgan fingerprint density at radius 3 is 2.61 bits per heavy atom. The van der Waals surface area contributed by atoms with Gasteiger partial charge in [0.15, 0.2) is 16.6 Å². The standard InChI is InChI=1S/C15H16N2O5S/c1-9(18)16-15-17-11(8-23-15)7-22-14(19)10-4-5-12(20-2)13(6-10)21-3/h4-6,8H,7H2,1-3H3,(H,16,17,18). The highest BCUT2D eigenvalue weighted by Crippen LogP contribution is 2.28. The molecule has 0 bridgehead atoms. The summed E-state index contributed by atoms with van der Waals surface area (Å²) in [5.74, 6) is 0.278. The maximum Gasteiger partial charge on any atom is 0.338 e. The van der Waals surface area contributed by atoms with E-state index in [-0.39, 0.29) is 12.5 Å². The van der Waals surface area contributed by atoms with Crippen molar-refractivity contribution in [2.24, 2.45) is 0 Å². The molecule has 0 saturated heterocycles. The molecular formula is C15H16N2O5S. The molecule has 122 valence electrons. The molecule has 0 saturated carbocycles. The quantitative estimate of drug-likeness (QED) is 0.816. The third kappa shape index (κ3) is 4.43. The van der Waals surface area contributed by atoms with Crippen molar-refractivity contribution in [2.75, 3.05) is 19.5 Å². The number of benzene rings is 1. The number of amides is 1. The Balaban J connectivity index is 1.99. The molecule has 1 aromatic carbocycles. The number of hydrogen-bond acceptors (Lipinski definition) is 7. The first kappa shape index (κ1) is 16.8. The average Bonchev–Trinajstić information content (AvgIpc) is 2.98. The van der Waals surface area contributed by atoms with E-state index in [0.29, 0.717) is 27.9 Å². The number of esters is 1. The SMILES string of the molecule is COc1ccc(C(=O)OCc2csc(NC(C)=O)n2)cc1OC. The molecule has 0 aliphatic rings. The van der Waals surface area contributed by atoms with Gasteiger partial charge in [-0.05, 0) is 18.2 Å². The first-order valence-electron chi connectivity index (χ1n) is 6.64. The predicted octanol–water partition coefficient (Wildman–Crippen LogP) is 2.48. The lowest BCUT2D eigenvalue weighted by atomic mass is 10.2. The zero-order chi connectivity index (χ0) is 16.8. The number of anilines is 1. The summed E-state index contributed by atoms with van der Waals surface area (Å²) in [6.07, 6.45) is 0. The van der Waals surface area contributed by atoms with E-state index in [4.69, 9.17) is 14.2 Å². The van der Waals surface area contributed by atoms with Gasteiger partial charge in [0.2, 0.25) is 5.91 Å². The van der Waals surface area contributed by atoms with Gasteiger partial charge in [-0.1, -0.05) is 0 Å². The molecular weight excluding hydrogens is 320 g/mol. The van der Waals surface area contributed by atoms with Crippen LogP contribution in [-0.4, -0.2) is 31.1 Å². The number of carbonyl (C=O) groups is 2. The second-order valence-electron chi connectivity index (χ2n) is 4.47. The van der Waals surface area contributed by atoms with Gasteiger partial charge in [0, 0.05) is 12.3 Å². The molecule has 8 heteroatoms. The second-order valence-corrected chi connectivity index (χ2v) is 5.33. The predicted molar refractivity (Wildman–Crippen MR) is 85.1 cm³/mol. The molecule has 23 heavy (non-hydrogen) atoms. The zero-order valence-electron chi connectivity index (χ0n) is 12.9. The molecule has 7 nitrogen and oxygen atoms in total. The van der Waals surface area contributed by atoms with Gasteiger partial charge < -0.3 is 19.5 Å². The van der Waals surface area contributed by atoms with Crippen molar-refractivity contribution in [3.63, 3.8) is 0 Å². The number of aromatic nitrogens is 1. The topological polar surface area (TPSA) is 86.8 Å². The van der Waals surface area contributed by atoms with Crippen LogP contribution in [0.2, 0.25) is 0 Å². The van der Waals surface area contributed by atoms with Crippen molar-refractivity contribution >= 4 is 28.3 Å². The molecule has 0 unspecified atom stereocenters. The van der Waals surface area contributed by atoms with Gasteiger partial charge >= 0.3 is 5.97 Å². The van der Waals surface area contributed by atoms with Gasteiger partial charge in [-0.3, -0.25) is 4.79 Å². The number of nitrogens with zero attached hydrogens (tertiary/aromatic N) is 1. The molecule has 1 heterocycles. The molecule has 0 spiro atoms. The van der Waals surface area contributed by atoms with Crippen LogP contribution in [0, 0.1) is 0 Å². The Morgan fingerprint density at radius 1 is 1.22 bits per heavy atom. The minimum Gasteiger partial charge on any atom is -0.493 e. The Kier molecular flexibility index (Phi) is 5.53.